The summed E-state index contributed by atoms with van der Waals surface area (Å²) in [7, 11) is 0. The number of nitrogens with zero attached hydrogens (tertiary/aromatic N) is 4. The Bertz CT molecular complexity index is 841. The molecular weight excluding hydrogens is 354 g/mol. The van der Waals surface area contributed by atoms with Crippen LogP contribution in [0.5, 0.6) is 0 Å². The molecule has 1 N–H and O–H groups in total. The van der Waals surface area contributed by atoms with Crippen molar-refractivity contribution in [1.82, 2.24) is 19.9 Å². The molecule has 1 saturated heterocycles. The van der Waals surface area contributed by atoms with Crippen LogP contribution in [0.15, 0.2) is 36.1 Å². The third-order valence-corrected chi connectivity index (χ3v) is 6.34. The van der Waals surface area contributed by atoms with Crippen LogP contribution in [0.4, 0.5) is 5.13 Å². The van der Waals surface area contributed by atoms with E-state index < -0.39 is 0 Å². The summed E-state index contributed by atoms with van der Waals surface area (Å²) < 4.78 is 1.93. The molecular formula is C17H19N5OS2. The molecule has 1 atom stereocenters. The molecule has 0 aromatic carbocycles. The SMILES string of the molecule is Cc1nc(-n2cccc2)sc1C(=O)NC[C@H]1CCCN1c1nccs1. The smallest absolute Gasteiger partial charge is 0.263 e. The normalized spacial score (nSPS) is 17.2. The second kappa shape index (κ2) is 6.97. The van der Waals surface area contributed by atoms with E-state index in [1.54, 1.807) is 11.3 Å². The number of nitrogens with one attached hydrogen (secondary N) is 1. The van der Waals surface area contributed by atoms with Gasteiger partial charge in [0.15, 0.2) is 10.3 Å². The Kier molecular flexibility index (Phi) is 4.54. The molecule has 0 aliphatic carbocycles. The average molecular weight is 374 g/mol. The van der Waals surface area contributed by atoms with Crippen molar-refractivity contribution in [3.8, 4) is 5.13 Å². The van der Waals surface area contributed by atoms with Gasteiger partial charge in [-0.2, -0.15) is 0 Å². The number of hydrogen-bond donors (Lipinski definition) is 1. The van der Waals surface area contributed by atoms with Gasteiger partial charge >= 0.3 is 0 Å². The van der Waals surface area contributed by atoms with E-state index in [-0.39, 0.29) is 5.91 Å². The second-order valence-corrected chi connectivity index (χ2v) is 7.87. The van der Waals surface area contributed by atoms with E-state index >= 15 is 0 Å². The molecule has 25 heavy (non-hydrogen) atoms. The zero-order valence-electron chi connectivity index (χ0n) is 13.9. The lowest BCUT2D eigenvalue weighted by Gasteiger charge is -2.24. The number of rotatable bonds is 5. The van der Waals surface area contributed by atoms with E-state index in [0.717, 1.165) is 35.3 Å². The molecule has 6 nitrogen and oxygen atoms in total. The highest BCUT2D eigenvalue weighted by Gasteiger charge is 2.27. The molecule has 1 aliphatic heterocycles. The first-order chi connectivity index (χ1) is 12.2. The zero-order valence-corrected chi connectivity index (χ0v) is 15.5. The van der Waals surface area contributed by atoms with Crippen LogP contribution >= 0.6 is 22.7 Å². The fourth-order valence-electron chi connectivity index (χ4n) is 3.11. The van der Waals surface area contributed by atoms with Crippen LogP contribution in [-0.4, -0.2) is 39.6 Å². The quantitative estimate of drug-likeness (QED) is 0.746. The van der Waals surface area contributed by atoms with E-state index in [0.29, 0.717) is 17.5 Å². The summed E-state index contributed by atoms with van der Waals surface area (Å²) in [6.07, 6.45) is 7.92. The summed E-state index contributed by atoms with van der Waals surface area (Å²) in [5.41, 5.74) is 0.773. The molecule has 1 fully saturated rings. The number of carbonyl (C=O) groups excluding carboxylic acids is 1. The summed E-state index contributed by atoms with van der Waals surface area (Å²) in [4.78, 5) is 24.5. The Morgan fingerprint density at radius 3 is 2.96 bits per heavy atom. The summed E-state index contributed by atoms with van der Waals surface area (Å²) in [6, 6.07) is 4.21. The third-order valence-electron chi connectivity index (χ3n) is 4.36. The van der Waals surface area contributed by atoms with E-state index in [4.69, 9.17) is 0 Å². The molecule has 0 unspecified atom stereocenters. The maximum Gasteiger partial charge on any atom is 0.263 e. The third kappa shape index (κ3) is 3.32. The summed E-state index contributed by atoms with van der Waals surface area (Å²) in [5, 5.41) is 6.94. The van der Waals surface area contributed by atoms with Gasteiger partial charge < -0.3 is 14.8 Å². The first kappa shape index (κ1) is 16.3. The van der Waals surface area contributed by atoms with E-state index in [9.17, 15) is 4.79 Å². The summed E-state index contributed by atoms with van der Waals surface area (Å²) in [5.74, 6) is -0.0422. The number of anilines is 1. The lowest BCUT2D eigenvalue weighted by Crippen LogP contribution is -2.40. The predicted octanol–water partition coefficient (Wildman–Crippen LogP) is 3.10. The minimum atomic E-state index is -0.0422. The highest BCUT2D eigenvalue weighted by molar-refractivity contribution is 7.16. The van der Waals surface area contributed by atoms with Crippen molar-refractivity contribution in [1.29, 1.82) is 0 Å². The van der Waals surface area contributed by atoms with Crippen molar-refractivity contribution >= 4 is 33.7 Å². The number of amides is 1. The van der Waals surface area contributed by atoms with Crippen LogP contribution in [0.2, 0.25) is 0 Å². The van der Waals surface area contributed by atoms with Crippen molar-refractivity contribution in [2.75, 3.05) is 18.0 Å². The summed E-state index contributed by atoms with van der Waals surface area (Å²) in [6.45, 7) is 3.52. The molecule has 1 amide bonds. The second-order valence-electron chi connectivity index (χ2n) is 6.02. The van der Waals surface area contributed by atoms with Gasteiger partial charge in [0.05, 0.1) is 5.69 Å². The molecule has 130 valence electrons. The standard InChI is InChI=1S/C17H19N5OS2/c1-12-14(25-17(20-12)21-7-2-3-8-21)15(23)19-11-13-5-4-9-22(13)16-18-6-10-24-16/h2-3,6-8,10,13H,4-5,9,11H2,1H3,(H,19,23)/t13-/m1/s1. The molecule has 3 aromatic heterocycles. The molecule has 0 radical (unpaired) electrons. The van der Waals surface area contributed by atoms with Crippen molar-refractivity contribution < 1.29 is 4.79 Å². The average Bonchev–Trinajstić information content (AvgIpc) is 3.38. The van der Waals surface area contributed by atoms with Gasteiger partial charge in [-0.15, -0.1) is 11.3 Å². The predicted molar refractivity (Wildman–Crippen MR) is 101 cm³/mol. The van der Waals surface area contributed by atoms with Crippen molar-refractivity contribution in [2.45, 2.75) is 25.8 Å². The van der Waals surface area contributed by atoms with Gasteiger partial charge in [-0.1, -0.05) is 11.3 Å². The van der Waals surface area contributed by atoms with Crippen LogP contribution in [0.3, 0.4) is 0 Å². The fourth-order valence-corrected chi connectivity index (χ4v) is 4.81. The number of aryl methyl sites for hydroxylation is 1. The fraction of sp³-hybridized carbons (Fsp3) is 0.353. The van der Waals surface area contributed by atoms with Gasteiger partial charge in [-0.25, -0.2) is 9.97 Å². The Morgan fingerprint density at radius 1 is 1.36 bits per heavy atom. The van der Waals surface area contributed by atoms with Gasteiger partial charge in [0.1, 0.15) is 4.88 Å². The van der Waals surface area contributed by atoms with Crippen LogP contribution in [0, 0.1) is 6.92 Å². The molecule has 0 spiro atoms. The minimum absolute atomic E-state index is 0.0422. The minimum Gasteiger partial charge on any atom is -0.349 e. The monoisotopic (exact) mass is 373 g/mol. The first-order valence-corrected chi connectivity index (χ1v) is 9.97. The molecule has 0 saturated carbocycles. The van der Waals surface area contributed by atoms with Crippen molar-refractivity contribution in [3.63, 3.8) is 0 Å². The Morgan fingerprint density at radius 2 is 2.20 bits per heavy atom. The number of thiazole rings is 2. The summed E-state index contributed by atoms with van der Waals surface area (Å²) >= 11 is 3.07. The van der Waals surface area contributed by atoms with Crippen LogP contribution in [-0.2, 0) is 0 Å². The number of aromatic nitrogens is 3. The lowest BCUT2D eigenvalue weighted by atomic mass is 10.2. The highest BCUT2D eigenvalue weighted by Crippen LogP contribution is 2.27. The van der Waals surface area contributed by atoms with Crippen LogP contribution in [0.25, 0.3) is 5.13 Å². The zero-order chi connectivity index (χ0) is 17.2. The molecule has 0 bridgehead atoms. The number of carbonyl (C=O) groups is 1. The van der Waals surface area contributed by atoms with E-state index in [1.807, 2.05) is 47.6 Å². The Balaban J connectivity index is 1.42. The van der Waals surface area contributed by atoms with Crippen LogP contribution < -0.4 is 10.2 Å². The molecule has 4 rings (SSSR count). The lowest BCUT2D eigenvalue weighted by molar-refractivity contribution is 0.0954. The molecule has 3 aromatic rings. The van der Waals surface area contributed by atoms with Gasteiger partial charge in [0.2, 0.25) is 0 Å². The number of hydrogen-bond acceptors (Lipinski definition) is 6. The van der Waals surface area contributed by atoms with Gasteiger partial charge in [-0.05, 0) is 31.9 Å². The molecule has 8 heteroatoms. The van der Waals surface area contributed by atoms with Crippen molar-refractivity contribution in [2.24, 2.45) is 0 Å². The van der Waals surface area contributed by atoms with Crippen molar-refractivity contribution in [3.05, 3.63) is 46.7 Å². The maximum absolute atomic E-state index is 12.6. The maximum atomic E-state index is 12.6. The highest BCUT2D eigenvalue weighted by atomic mass is 32.1. The van der Waals surface area contributed by atoms with E-state index in [1.165, 1.54) is 11.3 Å². The van der Waals surface area contributed by atoms with Crippen LogP contribution in [0.1, 0.15) is 28.2 Å². The molecule has 4 heterocycles. The Labute approximate surface area is 154 Å². The van der Waals surface area contributed by atoms with Gasteiger partial charge in [0, 0.05) is 43.1 Å². The largest absolute Gasteiger partial charge is 0.349 e. The topological polar surface area (TPSA) is 63.1 Å². The van der Waals surface area contributed by atoms with Gasteiger partial charge in [0.25, 0.3) is 5.91 Å². The van der Waals surface area contributed by atoms with Gasteiger partial charge in [-0.3, -0.25) is 4.79 Å². The molecule has 1 aliphatic rings. The Hall–Kier alpha value is -2.19. The first-order valence-electron chi connectivity index (χ1n) is 8.27. The van der Waals surface area contributed by atoms with E-state index in [2.05, 4.69) is 20.2 Å².